The minimum Gasteiger partial charge on any atom is -0.377 e. The number of ether oxygens (including phenoxy) is 1. The second kappa shape index (κ2) is 9.38. The zero-order valence-electron chi connectivity index (χ0n) is 15.5. The van der Waals surface area contributed by atoms with Crippen molar-refractivity contribution in [3.05, 3.63) is 41.5 Å². The summed E-state index contributed by atoms with van der Waals surface area (Å²) in [4.78, 5) is 17.9. The van der Waals surface area contributed by atoms with Crippen molar-refractivity contribution >= 4 is 17.6 Å². The summed E-state index contributed by atoms with van der Waals surface area (Å²) in [6, 6.07) is 8.17. The van der Waals surface area contributed by atoms with Gasteiger partial charge in [-0.2, -0.15) is 0 Å². The molecule has 2 aliphatic rings. The lowest BCUT2D eigenvalue weighted by Gasteiger charge is -2.17. The van der Waals surface area contributed by atoms with Gasteiger partial charge in [-0.25, -0.2) is 0 Å². The normalized spacial score (nSPS) is 18.0. The van der Waals surface area contributed by atoms with E-state index in [2.05, 4.69) is 33.8 Å². The van der Waals surface area contributed by atoms with Gasteiger partial charge in [0.15, 0.2) is 5.96 Å². The molecule has 2 aliphatic heterocycles. The average molecular weight is 356 g/mol. The first-order valence-corrected chi connectivity index (χ1v) is 9.36. The highest BCUT2D eigenvalue weighted by Crippen LogP contribution is 2.21. The fourth-order valence-electron chi connectivity index (χ4n) is 3.26. The molecule has 0 unspecified atom stereocenters. The van der Waals surface area contributed by atoms with Gasteiger partial charge in [-0.15, -0.1) is 0 Å². The Morgan fingerprint density at radius 3 is 2.73 bits per heavy atom. The lowest BCUT2D eigenvalue weighted by molar-refractivity contribution is -0.117. The van der Waals surface area contributed by atoms with Crippen LogP contribution in [0.5, 0.6) is 0 Å². The fourth-order valence-corrected chi connectivity index (χ4v) is 3.26. The number of carbonyl (C=O) groups excluding carboxylic acids is 1. The van der Waals surface area contributed by atoms with E-state index in [9.17, 15) is 4.79 Å². The van der Waals surface area contributed by atoms with Crippen LogP contribution in [0.15, 0.2) is 40.9 Å². The Bertz CT molecular complexity index is 667. The number of nitrogens with zero attached hydrogens (tertiary/aromatic N) is 2. The van der Waals surface area contributed by atoms with Crippen molar-refractivity contribution in [2.24, 2.45) is 4.99 Å². The van der Waals surface area contributed by atoms with Gasteiger partial charge < -0.3 is 20.3 Å². The maximum absolute atomic E-state index is 11.8. The van der Waals surface area contributed by atoms with Crippen molar-refractivity contribution in [1.29, 1.82) is 0 Å². The molecular formula is C20H28N4O2. The molecule has 0 aromatic heterocycles. The highest BCUT2D eigenvalue weighted by atomic mass is 16.5. The number of aliphatic imine (C=N–C) groups is 1. The van der Waals surface area contributed by atoms with Gasteiger partial charge in [0.25, 0.3) is 0 Å². The predicted octanol–water partition coefficient (Wildman–Crippen LogP) is 2.22. The van der Waals surface area contributed by atoms with Gasteiger partial charge >= 0.3 is 0 Å². The van der Waals surface area contributed by atoms with E-state index in [4.69, 9.17) is 4.74 Å². The summed E-state index contributed by atoms with van der Waals surface area (Å²) in [6.07, 6.45) is 5.83. The topological polar surface area (TPSA) is 66.0 Å². The highest BCUT2D eigenvalue weighted by molar-refractivity contribution is 5.95. The molecule has 140 valence electrons. The third kappa shape index (κ3) is 5.08. The molecule has 0 atom stereocenters. The first-order chi connectivity index (χ1) is 12.8. The Hall–Kier alpha value is -2.34. The molecule has 1 aromatic carbocycles. The van der Waals surface area contributed by atoms with E-state index in [1.165, 1.54) is 5.57 Å². The molecule has 0 bridgehead atoms. The van der Waals surface area contributed by atoms with Crippen molar-refractivity contribution in [2.45, 2.75) is 32.2 Å². The van der Waals surface area contributed by atoms with Gasteiger partial charge in [0.1, 0.15) is 0 Å². The van der Waals surface area contributed by atoms with Gasteiger partial charge in [-0.3, -0.25) is 9.79 Å². The Morgan fingerprint density at radius 2 is 2.08 bits per heavy atom. The summed E-state index contributed by atoms with van der Waals surface area (Å²) in [5, 5.41) is 6.69. The Morgan fingerprint density at radius 1 is 1.23 bits per heavy atom. The molecule has 0 aliphatic carbocycles. The van der Waals surface area contributed by atoms with Gasteiger partial charge in [-0.1, -0.05) is 23.8 Å². The van der Waals surface area contributed by atoms with E-state index in [1.807, 2.05) is 17.0 Å². The summed E-state index contributed by atoms with van der Waals surface area (Å²) in [6.45, 7) is 3.96. The molecule has 3 rings (SSSR count). The van der Waals surface area contributed by atoms with E-state index >= 15 is 0 Å². The molecule has 1 aromatic rings. The molecule has 6 heteroatoms. The van der Waals surface area contributed by atoms with E-state index in [-0.39, 0.29) is 5.91 Å². The zero-order chi connectivity index (χ0) is 18.2. The Labute approximate surface area is 155 Å². The van der Waals surface area contributed by atoms with Crippen molar-refractivity contribution in [3.63, 3.8) is 0 Å². The van der Waals surface area contributed by atoms with Crippen molar-refractivity contribution in [2.75, 3.05) is 38.3 Å². The molecule has 0 spiro atoms. The third-order valence-electron chi connectivity index (χ3n) is 4.80. The monoisotopic (exact) mass is 356 g/mol. The van der Waals surface area contributed by atoms with Gasteiger partial charge in [0, 0.05) is 38.8 Å². The van der Waals surface area contributed by atoms with Crippen LogP contribution in [0.3, 0.4) is 0 Å². The molecule has 1 amide bonds. The minimum atomic E-state index is 0.222. The summed E-state index contributed by atoms with van der Waals surface area (Å²) >= 11 is 0. The van der Waals surface area contributed by atoms with Gasteiger partial charge in [0.2, 0.25) is 5.91 Å². The van der Waals surface area contributed by atoms with E-state index < -0.39 is 0 Å². The standard InChI is InChI=1S/C20H28N4O2/c1-21-20(22-11-8-16-9-13-26-14-10-16)23-15-17-4-6-18(7-5-17)24-12-2-3-19(24)25/h4-7,9H,2-3,8,10-15H2,1H3,(H2,21,22,23). The van der Waals surface area contributed by atoms with Crippen LogP contribution in [0.2, 0.25) is 0 Å². The maximum atomic E-state index is 11.8. The molecule has 1 fully saturated rings. The largest absolute Gasteiger partial charge is 0.377 e. The van der Waals surface area contributed by atoms with Crippen LogP contribution in [0.25, 0.3) is 0 Å². The van der Waals surface area contributed by atoms with Crippen LogP contribution >= 0.6 is 0 Å². The number of carbonyl (C=O) groups is 1. The quantitative estimate of drug-likeness (QED) is 0.466. The molecule has 1 saturated heterocycles. The van der Waals surface area contributed by atoms with Crippen molar-refractivity contribution in [1.82, 2.24) is 10.6 Å². The number of nitrogens with one attached hydrogen (secondary N) is 2. The van der Waals surface area contributed by atoms with Gasteiger partial charge in [-0.05, 0) is 37.0 Å². The number of hydrogen-bond donors (Lipinski definition) is 2. The Balaban J connectivity index is 1.43. The van der Waals surface area contributed by atoms with Crippen LogP contribution in [0.4, 0.5) is 5.69 Å². The molecule has 0 saturated carbocycles. The van der Waals surface area contributed by atoms with Crippen molar-refractivity contribution in [3.8, 4) is 0 Å². The summed E-state index contributed by atoms with van der Waals surface area (Å²) < 4.78 is 5.33. The van der Waals surface area contributed by atoms with Crippen LogP contribution in [0.1, 0.15) is 31.2 Å². The maximum Gasteiger partial charge on any atom is 0.227 e. The summed E-state index contributed by atoms with van der Waals surface area (Å²) in [5.74, 6) is 1.02. The van der Waals surface area contributed by atoms with Crippen molar-refractivity contribution < 1.29 is 9.53 Å². The van der Waals surface area contributed by atoms with Crippen LogP contribution in [-0.4, -0.2) is 45.2 Å². The molecule has 26 heavy (non-hydrogen) atoms. The Kier molecular flexibility index (Phi) is 6.66. The molecule has 0 radical (unpaired) electrons. The predicted molar refractivity (Wildman–Crippen MR) is 104 cm³/mol. The number of guanidine groups is 1. The molecular weight excluding hydrogens is 328 g/mol. The van der Waals surface area contributed by atoms with E-state index in [0.717, 1.165) is 62.8 Å². The van der Waals surface area contributed by atoms with Crippen LogP contribution < -0.4 is 15.5 Å². The number of anilines is 1. The second-order valence-corrected chi connectivity index (χ2v) is 6.61. The molecule has 6 nitrogen and oxygen atoms in total. The summed E-state index contributed by atoms with van der Waals surface area (Å²) in [5.41, 5.74) is 3.60. The van der Waals surface area contributed by atoms with E-state index in [0.29, 0.717) is 13.0 Å². The SMILES string of the molecule is CN=C(NCCC1=CCOCC1)NCc1ccc(N2CCCC2=O)cc1. The number of rotatable bonds is 6. The van der Waals surface area contributed by atoms with E-state index in [1.54, 1.807) is 7.05 Å². The van der Waals surface area contributed by atoms with Crippen LogP contribution in [-0.2, 0) is 16.1 Å². The summed E-state index contributed by atoms with van der Waals surface area (Å²) in [7, 11) is 1.78. The second-order valence-electron chi connectivity index (χ2n) is 6.61. The molecule has 2 heterocycles. The molecule has 2 N–H and O–H groups in total. The minimum absolute atomic E-state index is 0.222. The zero-order valence-corrected chi connectivity index (χ0v) is 15.5. The smallest absolute Gasteiger partial charge is 0.227 e. The highest BCUT2D eigenvalue weighted by Gasteiger charge is 2.21. The van der Waals surface area contributed by atoms with Gasteiger partial charge in [0.05, 0.1) is 13.2 Å². The first kappa shape index (κ1) is 18.5. The fraction of sp³-hybridized carbons (Fsp3) is 0.500. The average Bonchev–Trinajstić information content (AvgIpc) is 3.12. The number of benzene rings is 1. The number of hydrogen-bond acceptors (Lipinski definition) is 3. The third-order valence-corrected chi connectivity index (χ3v) is 4.80. The van der Waals surface area contributed by atoms with Crippen LogP contribution in [0, 0.1) is 0 Å². The first-order valence-electron chi connectivity index (χ1n) is 9.36. The lowest BCUT2D eigenvalue weighted by Crippen LogP contribution is -2.37. The number of amides is 1. The lowest BCUT2D eigenvalue weighted by atomic mass is 10.1.